The first-order valence-corrected chi connectivity index (χ1v) is 7.01. The van der Waals surface area contributed by atoms with Gasteiger partial charge in [-0.1, -0.05) is 26.0 Å². The van der Waals surface area contributed by atoms with Crippen LogP contribution in [0.15, 0.2) is 24.3 Å². The second kappa shape index (κ2) is 6.55. The molecule has 0 aromatic heterocycles. The first-order chi connectivity index (χ1) is 8.08. The van der Waals surface area contributed by atoms with E-state index in [9.17, 15) is 9.00 Å². The van der Waals surface area contributed by atoms with Gasteiger partial charge in [0.25, 0.3) is 0 Å². The summed E-state index contributed by atoms with van der Waals surface area (Å²) >= 11 is 0. The van der Waals surface area contributed by atoms with E-state index in [1.807, 2.05) is 26.0 Å². The second-order valence-electron chi connectivity index (χ2n) is 3.93. The van der Waals surface area contributed by atoms with Crippen molar-refractivity contribution in [1.82, 2.24) is 0 Å². The number of benzene rings is 1. The minimum Gasteiger partial charge on any atom is -0.465 e. The van der Waals surface area contributed by atoms with E-state index in [1.165, 1.54) is 7.11 Å². The normalized spacial score (nSPS) is 14.1. The SMILES string of the molecule is CCC(C)S(=O)Cc1ccc(C(=O)OC)cc1. The Hall–Kier alpha value is -1.16. The van der Waals surface area contributed by atoms with Gasteiger partial charge in [0.2, 0.25) is 0 Å². The third kappa shape index (κ3) is 3.97. The van der Waals surface area contributed by atoms with Crippen molar-refractivity contribution in [3.63, 3.8) is 0 Å². The van der Waals surface area contributed by atoms with Gasteiger partial charge in [0.1, 0.15) is 0 Å². The van der Waals surface area contributed by atoms with Crippen molar-refractivity contribution < 1.29 is 13.7 Å². The summed E-state index contributed by atoms with van der Waals surface area (Å²) in [5.41, 5.74) is 1.50. The van der Waals surface area contributed by atoms with Crippen LogP contribution in [0.1, 0.15) is 36.2 Å². The van der Waals surface area contributed by atoms with E-state index in [4.69, 9.17) is 0 Å². The predicted octanol–water partition coefficient (Wildman–Crippen LogP) is 2.52. The Morgan fingerprint density at radius 2 is 1.94 bits per heavy atom. The summed E-state index contributed by atoms with van der Waals surface area (Å²) in [6.45, 7) is 4.02. The number of rotatable bonds is 5. The number of esters is 1. The number of carbonyl (C=O) groups is 1. The molecule has 4 heteroatoms. The monoisotopic (exact) mass is 254 g/mol. The average molecular weight is 254 g/mol. The van der Waals surface area contributed by atoms with Crippen LogP contribution in [0.2, 0.25) is 0 Å². The fraction of sp³-hybridized carbons (Fsp3) is 0.462. The van der Waals surface area contributed by atoms with Crippen LogP contribution in [0.25, 0.3) is 0 Å². The highest BCUT2D eigenvalue weighted by molar-refractivity contribution is 7.84. The molecule has 1 aromatic carbocycles. The molecular weight excluding hydrogens is 236 g/mol. The number of hydrogen-bond acceptors (Lipinski definition) is 3. The first kappa shape index (κ1) is 13.9. The minimum absolute atomic E-state index is 0.204. The van der Waals surface area contributed by atoms with Crippen LogP contribution in [0, 0.1) is 0 Å². The number of carbonyl (C=O) groups excluding carboxylic acids is 1. The molecule has 17 heavy (non-hydrogen) atoms. The molecule has 94 valence electrons. The fourth-order valence-electron chi connectivity index (χ4n) is 1.35. The Bertz CT molecular complexity index is 398. The summed E-state index contributed by atoms with van der Waals surface area (Å²) in [7, 11) is 0.504. The van der Waals surface area contributed by atoms with Crippen LogP contribution in [0.4, 0.5) is 0 Å². The molecule has 0 aliphatic rings. The Balaban J connectivity index is 2.69. The van der Waals surface area contributed by atoms with Gasteiger partial charge in [-0.25, -0.2) is 4.79 Å². The Morgan fingerprint density at radius 3 is 2.41 bits per heavy atom. The van der Waals surface area contributed by atoms with Gasteiger partial charge in [0.05, 0.1) is 12.7 Å². The number of methoxy groups -OCH3 is 1. The molecule has 0 radical (unpaired) electrons. The van der Waals surface area contributed by atoms with E-state index in [1.54, 1.807) is 12.1 Å². The van der Waals surface area contributed by atoms with E-state index in [0.29, 0.717) is 11.3 Å². The lowest BCUT2D eigenvalue weighted by atomic mass is 10.1. The lowest BCUT2D eigenvalue weighted by molar-refractivity contribution is 0.0600. The average Bonchev–Trinajstić information content (AvgIpc) is 2.37. The summed E-state index contributed by atoms with van der Waals surface area (Å²) in [6, 6.07) is 7.06. The maximum atomic E-state index is 11.8. The molecule has 2 atom stereocenters. The van der Waals surface area contributed by atoms with Gasteiger partial charge < -0.3 is 4.74 Å². The predicted molar refractivity (Wildman–Crippen MR) is 69.4 cm³/mol. The van der Waals surface area contributed by atoms with Crippen molar-refractivity contribution >= 4 is 16.8 Å². The molecule has 0 spiro atoms. The zero-order chi connectivity index (χ0) is 12.8. The molecule has 0 N–H and O–H groups in total. The van der Waals surface area contributed by atoms with Crippen LogP contribution in [0.3, 0.4) is 0 Å². The molecular formula is C13H18O3S. The highest BCUT2D eigenvalue weighted by atomic mass is 32.2. The second-order valence-corrected chi connectivity index (χ2v) is 5.79. The molecule has 0 amide bonds. The van der Waals surface area contributed by atoms with Crippen LogP contribution in [-0.4, -0.2) is 22.5 Å². The van der Waals surface area contributed by atoms with E-state index in [0.717, 1.165) is 12.0 Å². The van der Waals surface area contributed by atoms with E-state index >= 15 is 0 Å². The van der Waals surface area contributed by atoms with E-state index in [2.05, 4.69) is 4.74 Å². The molecule has 2 unspecified atom stereocenters. The molecule has 0 aliphatic carbocycles. The quantitative estimate of drug-likeness (QED) is 0.758. The first-order valence-electron chi connectivity index (χ1n) is 5.63. The van der Waals surface area contributed by atoms with E-state index in [-0.39, 0.29) is 11.2 Å². The molecule has 0 saturated carbocycles. The molecule has 1 rings (SSSR count). The zero-order valence-electron chi connectivity index (χ0n) is 10.4. The summed E-state index contributed by atoms with van der Waals surface area (Å²) in [6.07, 6.45) is 0.910. The number of hydrogen-bond donors (Lipinski definition) is 0. The molecule has 0 saturated heterocycles. The van der Waals surface area contributed by atoms with Gasteiger partial charge in [-0.05, 0) is 24.1 Å². The summed E-state index contributed by atoms with van der Waals surface area (Å²) in [5.74, 6) is 0.191. The molecule has 0 bridgehead atoms. The van der Waals surface area contributed by atoms with Crippen molar-refractivity contribution in [2.24, 2.45) is 0 Å². The third-order valence-corrected chi connectivity index (χ3v) is 4.56. The summed E-state index contributed by atoms with van der Waals surface area (Å²) in [4.78, 5) is 11.2. The van der Waals surface area contributed by atoms with Crippen molar-refractivity contribution in [3.8, 4) is 0 Å². The highest BCUT2D eigenvalue weighted by Gasteiger charge is 2.10. The summed E-state index contributed by atoms with van der Waals surface area (Å²) < 4.78 is 16.5. The lowest BCUT2D eigenvalue weighted by Crippen LogP contribution is -2.11. The Kier molecular flexibility index (Phi) is 5.35. The maximum absolute atomic E-state index is 11.8. The van der Waals surface area contributed by atoms with Crippen molar-refractivity contribution in [2.75, 3.05) is 7.11 Å². The third-order valence-electron chi connectivity index (χ3n) is 2.71. The van der Waals surface area contributed by atoms with Crippen LogP contribution in [0.5, 0.6) is 0 Å². The molecule has 0 heterocycles. The van der Waals surface area contributed by atoms with Crippen molar-refractivity contribution in [3.05, 3.63) is 35.4 Å². The topological polar surface area (TPSA) is 43.4 Å². The maximum Gasteiger partial charge on any atom is 0.337 e. The Morgan fingerprint density at radius 1 is 1.35 bits per heavy atom. The minimum atomic E-state index is -0.851. The molecule has 3 nitrogen and oxygen atoms in total. The van der Waals surface area contributed by atoms with Gasteiger partial charge in [-0.3, -0.25) is 4.21 Å². The smallest absolute Gasteiger partial charge is 0.337 e. The highest BCUT2D eigenvalue weighted by Crippen LogP contribution is 2.11. The van der Waals surface area contributed by atoms with Gasteiger partial charge in [-0.15, -0.1) is 0 Å². The molecule has 0 aliphatic heterocycles. The lowest BCUT2D eigenvalue weighted by Gasteiger charge is -2.08. The van der Waals surface area contributed by atoms with Crippen molar-refractivity contribution in [1.29, 1.82) is 0 Å². The largest absolute Gasteiger partial charge is 0.465 e. The van der Waals surface area contributed by atoms with Crippen LogP contribution < -0.4 is 0 Å². The fourth-order valence-corrected chi connectivity index (χ4v) is 2.52. The summed E-state index contributed by atoms with van der Waals surface area (Å²) in [5, 5.41) is 0.204. The van der Waals surface area contributed by atoms with Crippen LogP contribution >= 0.6 is 0 Å². The standard InChI is InChI=1S/C13H18O3S/c1-4-10(2)17(15)9-11-5-7-12(8-6-11)13(14)16-3/h5-8,10H,4,9H2,1-3H3. The van der Waals surface area contributed by atoms with Crippen LogP contribution in [-0.2, 0) is 21.3 Å². The molecule has 0 fully saturated rings. The van der Waals surface area contributed by atoms with E-state index < -0.39 is 10.8 Å². The van der Waals surface area contributed by atoms with Gasteiger partial charge in [0, 0.05) is 21.8 Å². The van der Waals surface area contributed by atoms with Gasteiger partial charge in [0.15, 0.2) is 0 Å². The van der Waals surface area contributed by atoms with Gasteiger partial charge in [-0.2, -0.15) is 0 Å². The zero-order valence-corrected chi connectivity index (χ0v) is 11.3. The van der Waals surface area contributed by atoms with Gasteiger partial charge >= 0.3 is 5.97 Å². The van der Waals surface area contributed by atoms with Crippen molar-refractivity contribution in [2.45, 2.75) is 31.3 Å². The Labute approximate surface area is 105 Å². The molecule has 1 aromatic rings. The number of ether oxygens (including phenoxy) is 1.